The van der Waals surface area contributed by atoms with E-state index in [1.165, 1.54) is 16.4 Å². The van der Waals surface area contributed by atoms with E-state index in [1.807, 2.05) is 14.0 Å². The van der Waals surface area contributed by atoms with Gasteiger partial charge in [-0.2, -0.15) is 9.41 Å². The number of benzene rings is 1. The first-order chi connectivity index (χ1) is 13.7. The summed E-state index contributed by atoms with van der Waals surface area (Å²) in [5.74, 6) is 0.454. The van der Waals surface area contributed by atoms with Crippen LogP contribution in [-0.2, 0) is 10.0 Å². The Bertz CT molecular complexity index is 892. The Morgan fingerprint density at radius 3 is 2.52 bits per heavy atom. The second-order valence-corrected chi connectivity index (χ2v) is 9.98. The molecule has 2 saturated heterocycles. The van der Waals surface area contributed by atoms with Crippen LogP contribution < -0.4 is 5.43 Å². The number of nitro groups is 1. The Labute approximate surface area is 172 Å². The minimum Gasteiger partial charge on any atom is -0.306 e. The van der Waals surface area contributed by atoms with Gasteiger partial charge in [0.05, 0.1) is 10.6 Å². The van der Waals surface area contributed by atoms with Crippen LogP contribution in [0.5, 0.6) is 0 Å². The maximum absolute atomic E-state index is 13.4. The summed E-state index contributed by atoms with van der Waals surface area (Å²) in [7, 11) is -1.85. The van der Waals surface area contributed by atoms with Crippen molar-refractivity contribution in [2.75, 3.05) is 32.1 Å². The maximum Gasteiger partial charge on any atom is 0.270 e. The summed E-state index contributed by atoms with van der Waals surface area (Å²) in [6.07, 6.45) is 3.16. The number of hydrogen-bond donors (Lipinski definition) is 1. The van der Waals surface area contributed by atoms with Gasteiger partial charge in [-0.25, -0.2) is 8.42 Å². The lowest BCUT2D eigenvalue weighted by atomic mass is 9.95. The van der Waals surface area contributed by atoms with Gasteiger partial charge in [0.25, 0.3) is 5.69 Å². The van der Waals surface area contributed by atoms with Crippen LogP contribution >= 0.6 is 0 Å². The second kappa shape index (κ2) is 8.76. The smallest absolute Gasteiger partial charge is 0.270 e. The molecule has 1 N–H and O–H groups in total. The van der Waals surface area contributed by atoms with Crippen LogP contribution in [0.1, 0.15) is 39.5 Å². The summed E-state index contributed by atoms with van der Waals surface area (Å²) >= 11 is 0. The molecule has 0 spiro atoms. The normalized spacial score (nSPS) is 24.3. The summed E-state index contributed by atoms with van der Waals surface area (Å²) in [4.78, 5) is 12.8. The van der Waals surface area contributed by atoms with Crippen LogP contribution in [0.15, 0.2) is 28.2 Å². The molecule has 0 bridgehead atoms. The number of nitro benzene ring substituents is 1. The number of nitrogens with one attached hydrogen (secondary N) is 1. The van der Waals surface area contributed by atoms with Gasteiger partial charge >= 0.3 is 0 Å². The molecule has 9 nitrogen and oxygen atoms in total. The van der Waals surface area contributed by atoms with Crippen LogP contribution in [0.2, 0.25) is 0 Å². The molecule has 2 aliphatic heterocycles. The fourth-order valence-electron chi connectivity index (χ4n) is 3.93. The standard InChI is InChI=1S/C19H29N5O4S/c1-14-6-11-23(15(2)12-14)29(27,28)19-13-17(24(25)26)4-5-18(19)21-20-16-7-9-22(3)10-8-16/h4-5,13-15,21H,6-12H2,1-3H3/t14-,15-/m1/s1. The SMILES string of the molecule is C[C@@H]1CCN(S(=O)(=O)c2cc([N+](=O)[O-])ccc2NN=C2CCN(C)CC2)[C@H](C)C1. The van der Waals surface area contributed by atoms with Crippen molar-refractivity contribution in [3.05, 3.63) is 28.3 Å². The van der Waals surface area contributed by atoms with Crippen molar-refractivity contribution in [2.45, 2.75) is 50.5 Å². The number of piperidine rings is 2. The summed E-state index contributed by atoms with van der Waals surface area (Å²) in [5, 5.41) is 15.7. The lowest BCUT2D eigenvalue weighted by molar-refractivity contribution is -0.385. The average Bonchev–Trinajstić information content (AvgIpc) is 2.67. The molecular weight excluding hydrogens is 394 g/mol. The zero-order valence-corrected chi connectivity index (χ0v) is 18.0. The van der Waals surface area contributed by atoms with E-state index in [1.54, 1.807) is 0 Å². The van der Waals surface area contributed by atoms with E-state index in [0.717, 1.165) is 50.6 Å². The number of non-ortho nitro benzene ring substituents is 1. The molecule has 0 unspecified atom stereocenters. The molecule has 10 heteroatoms. The molecule has 0 radical (unpaired) electrons. The summed E-state index contributed by atoms with van der Waals surface area (Å²) in [6, 6.07) is 3.72. The Kier molecular flexibility index (Phi) is 6.55. The Hall–Kier alpha value is -2.04. The third-order valence-electron chi connectivity index (χ3n) is 5.74. The van der Waals surface area contributed by atoms with Gasteiger partial charge in [-0.1, -0.05) is 6.92 Å². The van der Waals surface area contributed by atoms with E-state index in [-0.39, 0.29) is 22.3 Å². The van der Waals surface area contributed by atoms with E-state index >= 15 is 0 Å². The molecule has 0 amide bonds. The van der Waals surface area contributed by atoms with Crippen LogP contribution in [0.4, 0.5) is 11.4 Å². The van der Waals surface area contributed by atoms with Crippen LogP contribution in [0.3, 0.4) is 0 Å². The van der Waals surface area contributed by atoms with Crippen LogP contribution in [-0.4, -0.2) is 61.0 Å². The molecular formula is C19H29N5O4S. The Balaban J connectivity index is 1.93. The predicted molar refractivity (Wildman–Crippen MR) is 113 cm³/mol. The highest BCUT2D eigenvalue weighted by molar-refractivity contribution is 7.89. The lowest BCUT2D eigenvalue weighted by Gasteiger charge is -2.35. The summed E-state index contributed by atoms with van der Waals surface area (Å²) in [5.41, 5.74) is 3.86. The molecule has 3 rings (SSSR count). The summed E-state index contributed by atoms with van der Waals surface area (Å²) < 4.78 is 28.3. The van der Waals surface area contributed by atoms with Gasteiger partial charge < -0.3 is 4.90 Å². The van der Waals surface area contributed by atoms with E-state index in [0.29, 0.717) is 12.5 Å². The van der Waals surface area contributed by atoms with Crippen molar-refractivity contribution < 1.29 is 13.3 Å². The maximum atomic E-state index is 13.4. The molecule has 1 aromatic rings. The fourth-order valence-corrected chi connectivity index (χ4v) is 5.75. The monoisotopic (exact) mass is 423 g/mol. The Morgan fingerprint density at radius 2 is 1.90 bits per heavy atom. The highest BCUT2D eigenvalue weighted by Crippen LogP contribution is 2.33. The van der Waals surface area contributed by atoms with Gasteiger partial charge in [0.1, 0.15) is 4.90 Å². The van der Waals surface area contributed by atoms with E-state index < -0.39 is 14.9 Å². The molecule has 2 heterocycles. The highest BCUT2D eigenvalue weighted by atomic mass is 32.2. The molecule has 0 saturated carbocycles. The number of hydrogen-bond acceptors (Lipinski definition) is 7. The largest absolute Gasteiger partial charge is 0.306 e. The molecule has 2 aliphatic rings. The van der Waals surface area contributed by atoms with Gasteiger partial charge in [-0.3, -0.25) is 15.5 Å². The zero-order valence-electron chi connectivity index (χ0n) is 17.2. The molecule has 2 atom stereocenters. The average molecular weight is 424 g/mol. The van der Waals surface area contributed by atoms with Gasteiger partial charge in [0.2, 0.25) is 10.0 Å². The molecule has 0 aliphatic carbocycles. The van der Waals surface area contributed by atoms with Gasteiger partial charge in [-0.15, -0.1) is 0 Å². The molecule has 0 aromatic heterocycles. The third-order valence-corrected chi connectivity index (χ3v) is 7.79. The zero-order chi connectivity index (χ0) is 21.2. The topological polar surface area (TPSA) is 108 Å². The minimum atomic E-state index is -3.89. The predicted octanol–water partition coefficient (Wildman–Crippen LogP) is 2.90. The van der Waals surface area contributed by atoms with E-state index in [4.69, 9.17) is 0 Å². The van der Waals surface area contributed by atoms with Gasteiger partial charge in [0.15, 0.2) is 0 Å². The Morgan fingerprint density at radius 1 is 1.21 bits per heavy atom. The van der Waals surface area contributed by atoms with Crippen molar-refractivity contribution in [1.82, 2.24) is 9.21 Å². The molecule has 2 fully saturated rings. The van der Waals surface area contributed by atoms with Crippen LogP contribution in [0, 0.1) is 16.0 Å². The lowest BCUT2D eigenvalue weighted by Crippen LogP contribution is -2.44. The number of sulfonamides is 1. The van der Waals surface area contributed by atoms with Crippen molar-refractivity contribution in [1.29, 1.82) is 0 Å². The van der Waals surface area contributed by atoms with E-state index in [2.05, 4.69) is 22.4 Å². The number of nitrogens with zero attached hydrogens (tertiary/aromatic N) is 4. The van der Waals surface area contributed by atoms with Crippen molar-refractivity contribution in [2.24, 2.45) is 11.0 Å². The van der Waals surface area contributed by atoms with Crippen molar-refractivity contribution in [3.8, 4) is 0 Å². The third kappa shape index (κ3) is 4.93. The number of hydrazone groups is 1. The van der Waals surface area contributed by atoms with Gasteiger partial charge in [0, 0.05) is 56.4 Å². The first-order valence-corrected chi connectivity index (χ1v) is 11.4. The molecule has 160 valence electrons. The highest BCUT2D eigenvalue weighted by Gasteiger charge is 2.35. The van der Waals surface area contributed by atoms with Crippen molar-refractivity contribution >= 4 is 27.1 Å². The van der Waals surface area contributed by atoms with Crippen LogP contribution in [0.25, 0.3) is 0 Å². The minimum absolute atomic E-state index is 0.0922. The molecule has 1 aromatic carbocycles. The number of rotatable bonds is 5. The van der Waals surface area contributed by atoms with E-state index in [9.17, 15) is 18.5 Å². The fraction of sp³-hybridized carbons (Fsp3) is 0.632. The second-order valence-electron chi connectivity index (χ2n) is 8.13. The summed E-state index contributed by atoms with van der Waals surface area (Å²) in [6.45, 7) is 6.20. The first kappa shape index (κ1) is 21.7. The number of likely N-dealkylation sites (tertiary alicyclic amines) is 1. The first-order valence-electron chi connectivity index (χ1n) is 9.98. The number of anilines is 1. The van der Waals surface area contributed by atoms with Gasteiger partial charge in [-0.05, 0) is 38.8 Å². The molecule has 29 heavy (non-hydrogen) atoms. The van der Waals surface area contributed by atoms with Crippen molar-refractivity contribution in [3.63, 3.8) is 0 Å². The quantitative estimate of drug-likeness (QED) is 0.576.